The predicted molar refractivity (Wildman–Crippen MR) is 60.8 cm³/mol. The lowest BCUT2D eigenvalue weighted by molar-refractivity contribution is 0.188. The maximum Gasteiger partial charge on any atom is 0.405 e. The first-order valence-corrected chi connectivity index (χ1v) is 5.71. The van der Waals surface area contributed by atoms with Crippen LogP contribution in [0.4, 0.5) is 4.79 Å². The molecule has 0 radical (unpaired) electrons. The highest BCUT2D eigenvalue weighted by molar-refractivity contribution is 9.10. The van der Waals surface area contributed by atoms with Crippen molar-refractivity contribution in [2.24, 2.45) is 5.92 Å². The van der Waals surface area contributed by atoms with Gasteiger partial charge in [-0.1, -0.05) is 28.1 Å². The molecule has 2 rings (SSSR count). The molecule has 80 valence electrons. The second-order valence-corrected chi connectivity index (χ2v) is 4.73. The van der Waals surface area contributed by atoms with E-state index in [1.165, 1.54) is 0 Å². The minimum Gasteiger partial charge on any atom is -0.465 e. The number of carboxylic acid groups (broad SMARTS) is 1. The molecule has 0 aliphatic heterocycles. The van der Waals surface area contributed by atoms with Gasteiger partial charge in [0.1, 0.15) is 0 Å². The van der Waals surface area contributed by atoms with Gasteiger partial charge in [-0.3, -0.25) is 0 Å². The summed E-state index contributed by atoms with van der Waals surface area (Å²) < 4.78 is 1.01. The van der Waals surface area contributed by atoms with E-state index in [4.69, 9.17) is 5.11 Å². The van der Waals surface area contributed by atoms with Crippen LogP contribution in [0.25, 0.3) is 0 Å². The first kappa shape index (κ1) is 10.5. The zero-order valence-electron chi connectivity index (χ0n) is 8.11. The first-order chi connectivity index (χ1) is 7.16. The molecule has 3 nitrogen and oxygen atoms in total. The van der Waals surface area contributed by atoms with E-state index in [0.29, 0.717) is 5.92 Å². The Bertz CT molecular complexity index is 359. The van der Waals surface area contributed by atoms with Crippen LogP contribution in [0.1, 0.15) is 24.4 Å². The van der Waals surface area contributed by atoms with Gasteiger partial charge in [0.05, 0.1) is 6.04 Å². The van der Waals surface area contributed by atoms with E-state index in [2.05, 4.69) is 21.2 Å². The molecule has 1 amide bonds. The van der Waals surface area contributed by atoms with Crippen molar-refractivity contribution in [3.8, 4) is 0 Å². The Labute approximate surface area is 96.6 Å². The fourth-order valence-corrected chi connectivity index (χ4v) is 1.97. The smallest absolute Gasteiger partial charge is 0.405 e. The monoisotopic (exact) mass is 269 g/mol. The van der Waals surface area contributed by atoms with Gasteiger partial charge in [0.15, 0.2) is 0 Å². The number of rotatable bonds is 3. The van der Waals surface area contributed by atoms with Crippen LogP contribution in [-0.2, 0) is 0 Å². The van der Waals surface area contributed by atoms with Crippen molar-refractivity contribution in [2.75, 3.05) is 0 Å². The Morgan fingerprint density at radius 1 is 1.40 bits per heavy atom. The van der Waals surface area contributed by atoms with E-state index in [1.807, 2.05) is 24.3 Å². The topological polar surface area (TPSA) is 49.3 Å². The molecule has 0 saturated heterocycles. The normalized spacial score (nSPS) is 17.1. The second kappa shape index (κ2) is 4.23. The zero-order chi connectivity index (χ0) is 10.8. The van der Waals surface area contributed by atoms with Crippen molar-refractivity contribution in [1.29, 1.82) is 0 Å². The van der Waals surface area contributed by atoms with Crippen LogP contribution in [0.15, 0.2) is 28.7 Å². The van der Waals surface area contributed by atoms with Crippen LogP contribution in [0.3, 0.4) is 0 Å². The summed E-state index contributed by atoms with van der Waals surface area (Å²) in [6.45, 7) is 0. The molecule has 0 heterocycles. The molecule has 1 atom stereocenters. The average molecular weight is 270 g/mol. The third kappa shape index (κ3) is 2.72. The molecule has 1 aromatic carbocycles. The lowest BCUT2D eigenvalue weighted by atomic mass is 10.0. The number of hydrogen-bond acceptors (Lipinski definition) is 1. The zero-order valence-corrected chi connectivity index (χ0v) is 9.70. The van der Waals surface area contributed by atoms with Gasteiger partial charge in [-0.05, 0) is 36.5 Å². The van der Waals surface area contributed by atoms with Gasteiger partial charge in [-0.25, -0.2) is 4.79 Å². The molecule has 1 saturated carbocycles. The molecule has 1 aromatic rings. The van der Waals surface area contributed by atoms with E-state index in [0.717, 1.165) is 22.9 Å². The maximum absolute atomic E-state index is 10.7. The van der Waals surface area contributed by atoms with Gasteiger partial charge >= 0.3 is 6.09 Å². The van der Waals surface area contributed by atoms with Crippen molar-refractivity contribution >= 4 is 22.0 Å². The summed E-state index contributed by atoms with van der Waals surface area (Å²) in [5, 5.41) is 11.3. The summed E-state index contributed by atoms with van der Waals surface area (Å²) in [7, 11) is 0. The van der Waals surface area contributed by atoms with Gasteiger partial charge in [0.2, 0.25) is 0 Å². The summed E-state index contributed by atoms with van der Waals surface area (Å²) in [4.78, 5) is 10.7. The van der Waals surface area contributed by atoms with E-state index >= 15 is 0 Å². The molecule has 0 bridgehead atoms. The highest BCUT2D eigenvalue weighted by Crippen LogP contribution is 2.41. The quantitative estimate of drug-likeness (QED) is 0.886. The van der Waals surface area contributed by atoms with Crippen molar-refractivity contribution < 1.29 is 9.90 Å². The van der Waals surface area contributed by atoms with Crippen LogP contribution in [0.2, 0.25) is 0 Å². The number of halogens is 1. The first-order valence-electron chi connectivity index (χ1n) is 4.92. The predicted octanol–water partition coefficient (Wildman–Crippen LogP) is 3.17. The van der Waals surface area contributed by atoms with E-state index in [-0.39, 0.29) is 6.04 Å². The number of benzene rings is 1. The Morgan fingerprint density at radius 2 is 2.00 bits per heavy atom. The van der Waals surface area contributed by atoms with E-state index < -0.39 is 6.09 Å². The lowest BCUT2D eigenvalue weighted by Crippen LogP contribution is -2.28. The minimum atomic E-state index is -0.949. The van der Waals surface area contributed by atoms with Crippen LogP contribution in [0.5, 0.6) is 0 Å². The van der Waals surface area contributed by atoms with Crippen molar-refractivity contribution in [3.05, 3.63) is 34.3 Å². The number of amides is 1. The highest BCUT2D eigenvalue weighted by Gasteiger charge is 2.33. The van der Waals surface area contributed by atoms with Gasteiger partial charge in [-0.2, -0.15) is 0 Å². The Hall–Kier alpha value is -1.03. The highest BCUT2D eigenvalue weighted by atomic mass is 79.9. The van der Waals surface area contributed by atoms with Gasteiger partial charge in [0.25, 0.3) is 0 Å². The Kier molecular flexibility index (Phi) is 2.95. The number of hydrogen-bond donors (Lipinski definition) is 2. The van der Waals surface area contributed by atoms with Gasteiger partial charge in [0, 0.05) is 4.47 Å². The average Bonchev–Trinajstić information content (AvgIpc) is 2.99. The summed E-state index contributed by atoms with van der Waals surface area (Å²) in [6.07, 6.45) is 1.27. The largest absolute Gasteiger partial charge is 0.465 e. The minimum absolute atomic E-state index is 0.0457. The van der Waals surface area contributed by atoms with Crippen molar-refractivity contribution in [1.82, 2.24) is 5.32 Å². The molecule has 1 aliphatic rings. The fourth-order valence-electron chi connectivity index (χ4n) is 1.71. The van der Waals surface area contributed by atoms with Crippen LogP contribution in [-0.4, -0.2) is 11.2 Å². The maximum atomic E-state index is 10.7. The van der Waals surface area contributed by atoms with Crippen LogP contribution in [0, 0.1) is 5.92 Å². The summed E-state index contributed by atoms with van der Waals surface area (Å²) in [6, 6.07) is 7.75. The van der Waals surface area contributed by atoms with Crippen LogP contribution < -0.4 is 5.32 Å². The molecular weight excluding hydrogens is 258 g/mol. The van der Waals surface area contributed by atoms with Crippen molar-refractivity contribution in [2.45, 2.75) is 18.9 Å². The number of nitrogens with one attached hydrogen (secondary N) is 1. The van der Waals surface area contributed by atoms with Crippen LogP contribution >= 0.6 is 15.9 Å². The third-order valence-electron chi connectivity index (χ3n) is 2.60. The molecular formula is C11H12BrNO2. The molecule has 1 aliphatic carbocycles. The molecule has 0 spiro atoms. The van der Waals surface area contributed by atoms with E-state index in [1.54, 1.807) is 0 Å². The second-order valence-electron chi connectivity index (χ2n) is 3.82. The molecule has 0 unspecified atom stereocenters. The SMILES string of the molecule is O=C(O)N[C@@H](c1ccc(Br)cc1)C1CC1. The molecule has 4 heteroatoms. The number of carbonyl (C=O) groups is 1. The Balaban J connectivity index is 2.16. The third-order valence-corrected chi connectivity index (χ3v) is 3.13. The lowest BCUT2D eigenvalue weighted by Gasteiger charge is -2.16. The van der Waals surface area contributed by atoms with Gasteiger partial charge < -0.3 is 10.4 Å². The summed E-state index contributed by atoms with van der Waals surface area (Å²) >= 11 is 3.36. The standard InChI is InChI=1S/C11H12BrNO2/c12-9-5-3-8(4-6-9)10(7-1-2-7)13-11(14)15/h3-7,10,13H,1-2H2,(H,14,15)/t10-/m1/s1. The van der Waals surface area contributed by atoms with Gasteiger partial charge in [-0.15, -0.1) is 0 Å². The molecule has 0 aromatic heterocycles. The summed E-state index contributed by atoms with van der Waals surface area (Å²) in [5.74, 6) is 0.474. The van der Waals surface area contributed by atoms with Crippen molar-refractivity contribution in [3.63, 3.8) is 0 Å². The summed E-state index contributed by atoms with van der Waals surface area (Å²) in [5.41, 5.74) is 1.04. The fraction of sp³-hybridized carbons (Fsp3) is 0.364. The molecule has 1 fully saturated rings. The van der Waals surface area contributed by atoms with E-state index in [9.17, 15) is 4.79 Å². The molecule has 15 heavy (non-hydrogen) atoms. The Morgan fingerprint density at radius 3 is 2.47 bits per heavy atom. The molecule has 2 N–H and O–H groups in total.